The highest BCUT2D eigenvalue weighted by molar-refractivity contribution is 5.86. The summed E-state index contributed by atoms with van der Waals surface area (Å²) in [6.45, 7) is 0.0626. The number of nitrogens with one attached hydrogen (secondary N) is 1. The lowest BCUT2D eigenvalue weighted by atomic mass is 10.1. The lowest BCUT2D eigenvalue weighted by Gasteiger charge is -2.19. The first-order chi connectivity index (χ1) is 7.29. The van der Waals surface area contributed by atoms with Crippen LogP contribution in [-0.4, -0.2) is 30.4 Å². The number of allylic oxidation sites excluding steroid dienone is 2. The first-order valence-corrected chi connectivity index (χ1v) is 4.38. The molecule has 7 heteroatoms. The Labute approximate surface area is 89.4 Å². The summed E-state index contributed by atoms with van der Waals surface area (Å²) in [5.41, 5.74) is 0.317. The molecule has 0 unspecified atom stereocenters. The standard InChI is InChI=1S/C9H10F3NO3/c1-5-2-6(8(14)15)13-3-7(5)16-4-9(10,11)12/h2,13H,3-4H2,1H3,(H,14,15). The predicted molar refractivity (Wildman–Crippen MR) is 48.4 cm³/mol. The summed E-state index contributed by atoms with van der Waals surface area (Å²) < 4.78 is 40.1. The van der Waals surface area contributed by atoms with Gasteiger partial charge in [-0.05, 0) is 18.6 Å². The number of carbonyl (C=O) groups is 1. The van der Waals surface area contributed by atoms with Crippen LogP contribution in [-0.2, 0) is 9.53 Å². The number of alkyl halides is 3. The van der Waals surface area contributed by atoms with Gasteiger partial charge in [-0.3, -0.25) is 0 Å². The largest absolute Gasteiger partial charge is 0.486 e. The van der Waals surface area contributed by atoms with Crippen molar-refractivity contribution in [3.05, 3.63) is 23.1 Å². The molecule has 1 aliphatic rings. The molecular formula is C9H10F3NO3. The quantitative estimate of drug-likeness (QED) is 0.779. The molecule has 0 aromatic carbocycles. The fourth-order valence-corrected chi connectivity index (χ4v) is 1.13. The molecule has 0 aliphatic carbocycles. The predicted octanol–water partition coefficient (Wildman–Crippen LogP) is 1.41. The Hall–Kier alpha value is -1.66. The van der Waals surface area contributed by atoms with Gasteiger partial charge in [0.1, 0.15) is 11.5 Å². The Balaban J connectivity index is 2.69. The molecule has 0 saturated heterocycles. The van der Waals surface area contributed by atoms with Crippen molar-refractivity contribution in [2.75, 3.05) is 13.2 Å². The third-order valence-electron chi connectivity index (χ3n) is 1.88. The van der Waals surface area contributed by atoms with Crippen LogP contribution in [0.25, 0.3) is 0 Å². The lowest BCUT2D eigenvalue weighted by Crippen LogP contribution is -2.28. The molecule has 0 aromatic heterocycles. The van der Waals surface area contributed by atoms with Gasteiger partial charge in [0.05, 0.1) is 6.54 Å². The molecule has 1 rings (SSSR count). The van der Waals surface area contributed by atoms with E-state index in [0.29, 0.717) is 5.57 Å². The van der Waals surface area contributed by atoms with Gasteiger partial charge in [-0.25, -0.2) is 4.79 Å². The van der Waals surface area contributed by atoms with Crippen LogP contribution < -0.4 is 5.32 Å². The van der Waals surface area contributed by atoms with Crippen molar-refractivity contribution in [2.45, 2.75) is 13.1 Å². The van der Waals surface area contributed by atoms with Gasteiger partial charge in [-0.2, -0.15) is 13.2 Å². The number of halogens is 3. The fourth-order valence-electron chi connectivity index (χ4n) is 1.13. The molecule has 0 radical (unpaired) electrons. The molecule has 1 aliphatic heterocycles. The van der Waals surface area contributed by atoms with Crippen LogP contribution in [0.15, 0.2) is 23.1 Å². The van der Waals surface area contributed by atoms with Crippen LogP contribution in [0.4, 0.5) is 13.2 Å². The van der Waals surface area contributed by atoms with Gasteiger partial charge in [0.2, 0.25) is 0 Å². The smallest absolute Gasteiger partial charge is 0.422 e. The van der Waals surface area contributed by atoms with E-state index in [1.807, 2.05) is 0 Å². The van der Waals surface area contributed by atoms with Gasteiger partial charge in [0, 0.05) is 0 Å². The third kappa shape index (κ3) is 3.48. The van der Waals surface area contributed by atoms with Crippen LogP contribution in [0.3, 0.4) is 0 Å². The molecular weight excluding hydrogens is 227 g/mol. The average Bonchev–Trinajstić information content (AvgIpc) is 2.14. The molecule has 0 atom stereocenters. The van der Waals surface area contributed by atoms with Crippen molar-refractivity contribution in [2.24, 2.45) is 0 Å². The molecule has 90 valence electrons. The molecule has 2 N–H and O–H groups in total. The summed E-state index contributed by atoms with van der Waals surface area (Å²) in [5.74, 6) is -1.06. The number of aliphatic carboxylic acids is 1. The number of dihydropyridines is 1. The van der Waals surface area contributed by atoms with E-state index >= 15 is 0 Å². The number of hydrogen-bond acceptors (Lipinski definition) is 3. The Morgan fingerprint density at radius 2 is 2.25 bits per heavy atom. The highest BCUT2D eigenvalue weighted by Crippen LogP contribution is 2.20. The normalized spacial score (nSPS) is 16.6. The molecule has 16 heavy (non-hydrogen) atoms. The molecule has 0 aromatic rings. The highest BCUT2D eigenvalue weighted by atomic mass is 19.4. The Bertz CT molecular complexity index is 358. The zero-order valence-electron chi connectivity index (χ0n) is 8.39. The van der Waals surface area contributed by atoms with E-state index < -0.39 is 18.8 Å². The van der Waals surface area contributed by atoms with Crippen LogP contribution >= 0.6 is 0 Å². The summed E-state index contributed by atoms with van der Waals surface area (Å²) in [4.78, 5) is 10.5. The topological polar surface area (TPSA) is 58.6 Å². The monoisotopic (exact) mass is 237 g/mol. The van der Waals surface area contributed by atoms with E-state index in [4.69, 9.17) is 5.11 Å². The first kappa shape index (κ1) is 12.4. The maximum absolute atomic E-state index is 11.9. The van der Waals surface area contributed by atoms with Crippen molar-refractivity contribution in [1.29, 1.82) is 0 Å². The van der Waals surface area contributed by atoms with Gasteiger partial charge in [0.15, 0.2) is 6.61 Å². The second-order valence-electron chi connectivity index (χ2n) is 3.23. The third-order valence-corrected chi connectivity index (χ3v) is 1.88. The minimum absolute atomic E-state index is 0.0555. The van der Waals surface area contributed by atoms with Gasteiger partial charge in [-0.15, -0.1) is 0 Å². The van der Waals surface area contributed by atoms with Gasteiger partial charge >= 0.3 is 12.1 Å². The van der Waals surface area contributed by atoms with E-state index in [0.717, 1.165) is 0 Å². The van der Waals surface area contributed by atoms with E-state index in [1.165, 1.54) is 13.0 Å². The number of hydrogen-bond donors (Lipinski definition) is 2. The van der Waals surface area contributed by atoms with Gasteiger partial charge < -0.3 is 15.2 Å². The first-order valence-electron chi connectivity index (χ1n) is 4.38. The van der Waals surface area contributed by atoms with Crippen molar-refractivity contribution < 1.29 is 27.8 Å². The summed E-state index contributed by atoms with van der Waals surface area (Å²) in [5, 5.41) is 11.1. The van der Waals surface area contributed by atoms with E-state index in [9.17, 15) is 18.0 Å². The maximum Gasteiger partial charge on any atom is 0.422 e. The number of rotatable bonds is 3. The summed E-state index contributed by atoms with van der Waals surface area (Å²) >= 11 is 0. The summed E-state index contributed by atoms with van der Waals surface area (Å²) in [6, 6.07) is 0. The van der Waals surface area contributed by atoms with E-state index in [1.54, 1.807) is 0 Å². The van der Waals surface area contributed by atoms with Crippen molar-refractivity contribution in [3.63, 3.8) is 0 Å². The minimum Gasteiger partial charge on any atom is -0.486 e. The van der Waals surface area contributed by atoms with Crippen molar-refractivity contribution in [3.8, 4) is 0 Å². The fraction of sp³-hybridized carbons (Fsp3) is 0.444. The molecule has 1 heterocycles. The second kappa shape index (κ2) is 4.46. The zero-order valence-corrected chi connectivity index (χ0v) is 8.39. The number of ether oxygens (including phenoxy) is 1. The van der Waals surface area contributed by atoms with Crippen LogP contribution in [0, 0.1) is 0 Å². The molecule has 0 spiro atoms. The van der Waals surface area contributed by atoms with E-state index in [2.05, 4.69) is 10.1 Å². The average molecular weight is 237 g/mol. The Morgan fingerprint density at radius 3 is 2.69 bits per heavy atom. The molecule has 4 nitrogen and oxygen atoms in total. The summed E-state index contributed by atoms with van der Waals surface area (Å²) in [6.07, 6.45) is -3.17. The second-order valence-corrected chi connectivity index (χ2v) is 3.23. The number of carboxylic acid groups (broad SMARTS) is 1. The minimum atomic E-state index is -4.40. The van der Waals surface area contributed by atoms with Crippen molar-refractivity contribution in [1.82, 2.24) is 5.32 Å². The Morgan fingerprint density at radius 1 is 1.62 bits per heavy atom. The molecule has 0 amide bonds. The van der Waals surface area contributed by atoms with Crippen LogP contribution in [0.1, 0.15) is 6.92 Å². The lowest BCUT2D eigenvalue weighted by molar-refractivity contribution is -0.165. The van der Waals surface area contributed by atoms with Gasteiger partial charge in [0.25, 0.3) is 0 Å². The van der Waals surface area contributed by atoms with Crippen molar-refractivity contribution >= 4 is 5.97 Å². The van der Waals surface area contributed by atoms with E-state index in [-0.39, 0.29) is 18.0 Å². The van der Waals surface area contributed by atoms with Crippen LogP contribution in [0.2, 0.25) is 0 Å². The Kier molecular flexibility index (Phi) is 3.46. The SMILES string of the molecule is CC1=C(OCC(F)(F)F)CNC(C(=O)O)=C1. The molecule has 0 saturated carbocycles. The highest BCUT2D eigenvalue weighted by Gasteiger charge is 2.29. The van der Waals surface area contributed by atoms with Crippen LogP contribution in [0.5, 0.6) is 0 Å². The zero-order chi connectivity index (χ0) is 12.3. The summed E-state index contributed by atoms with van der Waals surface area (Å²) in [7, 11) is 0. The van der Waals surface area contributed by atoms with Gasteiger partial charge in [-0.1, -0.05) is 0 Å². The maximum atomic E-state index is 11.9. The molecule has 0 fully saturated rings. The number of carboxylic acids is 1. The molecule has 0 bridgehead atoms.